The molecule has 0 saturated heterocycles. The maximum Gasteiger partial charge on any atom is 0.341 e. The van der Waals surface area contributed by atoms with Crippen molar-refractivity contribution in [2.45, 2.75) is 31.1 Å². The van der Waals surface area contributed by atoms with Crippen molar-refractivity contribution in [1.29, 1.82) is 0 Å². The quantitative estimate of drug-likeness (QED) is 0.610. The van der Waals surface area contributed by atoms with E-state index in [0.29, 0.717) is 0 Å². The summed E-state index contributed by atoms with van der Waals surface area (Å²) in [5, 5.41) is 5.04. The van der Waals surface area contributed by atoms with E-state index in [9.17, 15) is 13.2 Å². The van der Waals surface area contributed by atoms with E-state index in [2.05, 4.69) is 0 Å². The highest BCUT2D eigenvalue weighted by atomic mass is 32.2. The lowest BCUT2D eigenvalue weighted by atomic mass is 10.2. The van der Waals surface area contributed by atoms with Crippen LogP contribution in [0.15, 0.2) is 23.1 Å². The third-order valence-electron chi connectivity index (χ3n) is 2.70. The van der Waals surface area contributed by atoms with Crippen molar-refractivity contribution in [2.75, 3.05) is 13.7 Å². The maximum atomic E-state index is 11.9. The Hall–Kier alpha value is -1.60. The van der Waals surface area contributed by atoms with Crippen LogP contribution in [0.3, 0.4) is 0 Å². The van der Waals surface area contributed by atoms with Crippen LogP contribution in [-0.4, -0.2) is 28.1 Å². The van der Waals surface area contributed by atoms with Gasteiger partial charge in [-0.25, -0.2) is 18.4 Å². The molecule has 2 N–H and O–H groups in total. The van der Waals surface area contributed by atoms with Crippen molar-refractivity contribution in [3.05, 3.63) is 23.8 Å². The number of primary sulfonamides is 1. The Labute approximate surface area is 118 Å². The molecule has 1 aromatic carbocycles. The van der Waals surface area contributed by atoms with E-state index in [0.717, 1.165) is 25.3 Å². The van der Waals surface area contributed by atoms with Crippen LogP contribution >= 0.6 is 0 Å². The number of carbonyl (C=O) groups excluding carboxylic acids is 1. The zero-order valence-corrected chi connectivity index (χ0v) is 12.4. The van der Waals surface area contributed by atoms with E-state index in [1.807, 2.05) is 6.92 Å². The molecule has 0 radical (unpaired) electrons. The number of unbranched alkanes of at least 4 members (excludes halogenated alkanes) is 2. The number of rotatable bonds is 7. The van der Waals surface area contributed by atoms with E-state index >= 15 is 0 Å². The van der Waals surface area contributed by atoms with Gasteiger partial charge in [-0.2, -0.15) is 0 Å². The van der Waals surface area contributed by atoms with Crippen molar-refractivity contribution in [3.63, 3.8) is 0 Å². The summed E-state index contributed by atoms with van der Waals surface area (Å²) in [6.07, 6.45) is 2.74. The SMILES string of the molecule is CCCCCOC(=O)c1cc(S(N)(=O)=O)ccc1OC. The van der Waals surface area contributed by atoms with Crippen molar-refractivity contribution < 1.29 is 22.7 Å². The predicted octanol–water partition coefficient (Wildman–Crippen LogP) is 1.69. The Kier molecular flexibility index (Phi) is 5.97. The fourth-order valence-electron chi connectivity index (χ4n) is 1.62. The minimum absolute atomic E-state index is 0.0514. The number of ether oxygens (including phenoxy) is 2. The van der Waals surface area contributed by atoms with Gasteiger partial charge in [-0.05, 0) is 24.6 Å². The average molecular weight is 301 g/mol. The smallest absolute Gasteiger partial charge is 0.341 e. The van der Waals surface area contributed by atoms with Crippen LogP contribution in [0.5, 0.6) is 5.75 Å². The Morgan fingerprint density at radius 1 is 1.30 bits per heavy atom. The van der Waals surface area contributed by atoms with Crippen molar-refractivity contribution >= 4 is 16.0 Å². The van der Waals surface area contributed by atoms with Crippen molar-refractivity contribution in [1.82, 2.24) is 0 Å². The molecule has 1 aromatic rings. The zero-order valence-electron chi connectivity index (χ0n) is 11.6. The van der Waals surface area contributed by atoms with Crippen LogP contribution in [0.2, 0.25) is 0 Å². The normalized spacial score (nSPS) is 11.2. The second-order valence-electron chi connectivity index (χ2n) is 4.25. The Balaban J connectivity index is 2.93. The first-order chi connectivity index (χ1) is 9.40. The number of hydrogen-bond donors (Lipinski definition) is 1. The van der Waals surface area contributed by atoms with Gasteiger partial charge < -0.3 is 9.47 Å². The molecule has 0 aromatic heterocycles. The summed E-state index contributed by atoms with van der Waals surface area (Å²) < 4.78 is 32.7. The minimum atomic E-state index is -3.88. The first-order valence-electron chi connectivity index (χ1n) is 6.28. The molecule has 6 nitrogen and oxygen atoms in total. The van der Waals surface area contributed by atoms with E-state index in [4.69, 9.17) is 14.6 Å². The molecule has 0 heterocycles. The predicted molar refractivity (Wildman–Crippen MR) is 74.2 cm³/mol. The molecule has 20 heavy (non-hydrogen) atoms. The molecular formula is C13H19NO5S. The minimum Gasteiger partial charge on any atom is -0.496 e. The summed E-state index contributed by atoms with van der Waals surface area (Å²) in [4.78, 5) is 11.8. The molecule has 0 saturated carbocycles. The lowest BCUT2D eigenvalue weighted by Gasteiger charge is -2.10. The van der Waals surface area contributed by atoms with Crippen LogP contribution in [0, 0.1) is 0 Å². The Morgan fingerprint density at radius 3 is 2.55 bits per heavy atom. The zero-order chi connectivity index (χ0) is 15.2. The topological polar surface area (TPSA) is 95.7 Å². The number of carbonyl (C=O) groups is 1. The average Bonchev–Trinajstić information content (AvgIpc) is 2.41. The lowest BCUT2D eigenvalue weighted by molar-refractivity contribution is 0.0494. The number of esters is 1. The summed E-state index contributed by atoms with van der Waals surface area (Å²) >= 11 is 0. The molecule has 7 heteroatoms. The van der Waals surface area contributed by atoms with E-state index in [1.54, 1.807) is 0 Å². The van der Waals surface area contributed by atoms with Crippen molar-refractivity contribution in [2.24, 2.45) is 5.14 Å². The summed E-state index contributed by atoms with van der Waals surface area (Å²) in [7, 11) is -2.49. The molecule has 0 aliphatic rings. The van der Waals surface area contributed by atoms with Gasteiger partial charge in [0.2, 0.25) is 10.0 Å². The van der Waals surface area contributed by atoms with Crippen LogP contribution in [-0.2, 0) is 14.8 Å². The molecule has 0 aliphatic heterocycles. The number of hydrogen-bond acceptors (Lipinski definition) is 5. The van der Waals surface area contributed by atoms with Gasteiger partial charge in [-0.3, -0.25) is 0 Å². The molecule has 0 unspecified atom stereocenters. The third kappa shape index (κ3) is 4.50. The van der Waals surface area contributed by atoms with Gasteiger partial charge >= 0.3 is 5.97 Å². The van der Waals surface area contributed by atoms with Crippen LogP contribution in [0.25, 0.3) is 0 Å². The van der Waals surface area contributed by atoms with Gasteiger partial charge in [0, 0.05) is 0 Å². The van der Waals surface area contributed by atoms with Crippen molar-refractivity contribution in [3.8, 4) is 5.75 Å². The van der Waals surface area contributed by atoms with Gasteiger partial charge in [0.05, 0.1) is 18.6 Å². The van der Waals surface area contributed by atoms with Gasteiger partial charge in [0.15, 0.2) is 0 Å². The van der Waals surface area contributed by atoms with Gasteiger partial charge in [-0.15, -0.1) is 0 Å². The lowest BCUT2D eigenvalue weighted by Crippen LogP contribution is -2.14. The number of sulfonamides is 1. The number of benzene rings is 1. The second kappa shape index (κ2) is 7.25. The first kappa shape index (κ1) is 16.5. The standard InChI is InChI=1S/C13H19NO5S/c1-3-4-5-8-19-13(15)11-9-10(20(14,16)17)6-7-12(11)18-2/h6-7,9H,3-5,8H2,1-2H3,(H2,14,16,17). The van der Waals surface area contributed by atoms with Gasteiger partial charge in [-0.1, -0.05) is 19.8 Å². The van der Waals surface area contributed by atoms with E-state index < -0.39 is 16.0 Å². The molecule has 0 bridgehead atoms. The monoisotopic (exact) mass is 301 g/mol. The van der Waals surface area contributed by atoms with Crippen LogP contribution < -0.4 is 9.88 Å². The van der Waals surface area contributed by atoms with Crippen LogP contribution in [0.1, 0.15) is 36.5 Å². The molecular weight excluding hydrogens is 282 g/mol. The molecule has 112 valence electrons. The summed E-state index contributed by atoms with van der Waals surface area (Å²) in [6, 6.07) is 3.82. The van der Waals surface area contributed by atoms with Crippen LogP contribution in [0.4, 0.5) is 0 Å². The maximum absolute atomic E-state index is 11.9. The van der Waals surface area contributed by atoms with Gasteiger partial charge in [0.1, 0.15) is 11.3 Å². The summed E-state index contributed by atoms with van der Waals surface area (Å²) in [5.74, 6) is -0.374. The second-order valence-corrected chi connectivity index (χ2v) is 5.81. The summed E-state index contributed by atoms with van der Waals surface area (Å²) in [5.41, 5.74) is 0.0514. The largest absolute Gasteiger partial charge is 0.496 e. The molecule has 0 amide bonds. The molecule has 0 atom stereocenters. The summed E-state index contributed by atoms with van der Waals surface area (Å²) in [6.45, 7) is 2.33. The Bertz CT molecular complexity index is 568. The highest BCUT2D eigenvalue weighted by Gasteiger charge is 2.18. The highest BCUT2D eigenvalue weighted by Crippen LogP contribution is 2.22. The Morgan fingerprint density at radius 2 is 2.00 bits per heavy atom. The highest BCUT2D eigenvalue weighted by molar-refractivity contribution is 7.89. The molecule has 1 rings (SSSR count). The molecule has 0 fully saturated rings. The number of methoxy groups -OCH3 is 1. The van der Waals surface area contributed by atoms with E-state index in [1.165, 1.54) is 19.2 Å². The molecule has 0 aliphatic carbocycles. The van der Waals surface area contributed by atoms with E-state index in [-0.39, 0.29) is 22.8 Å². The van der Waals surface area contributed by atoms with Gasteiger partial charge in [0.25, 0.3) is 0 Å². The first-order valence-corrected chi connectivity index (χ1v) is 7.82. The number of nitrogens with two attached hydrogens (primary N) is 1. The fourth-order valence-corrected chi connectivity index (χ4v) is 2.16. The third-order valence-corrected chi connectivity index (χ3v) is 3.61. The molecule has 0 spiro atoms. The fraction of sp³-hybridized carbons (Fsp3) is 0.462.